The van der Waals surface area contributed by atoms with Crippen LogP contribution in [0.5, 0.6) is 0 Å². The van der Waals surface area contributed by atoms with E-state index in [0.717, 1.165) is 0 Å². The van der Waals surface area contributed by atoms with E-state index in [9.17, 15) is 0 Å². The van der Waals surface area contributed by atoms with Gasteiger partial charge in [0.15, 0.2) is 17.4 Å². The van der Waals surface area contributed by atoms with E-state index in [0.29, 0.717) is 0 Å². The normalized spacial score (nSPS) is 0. The summed E-state index contributed by atoms with van der Waals surface area (Å²) in [6, 6.07) is 0. The summed E-state index contributed by atoms with van der Waals surface area (Å²) in [6.07, 6.45) is 0. The molecule has 8 heteroatoms. The molecule has 45 valence electrons. The van der Waals surface area contributed by atoms with Gasteiger partial charge < -0.3 is 0 Å². The van der Waals surface area contributed by atoms with Gasteiger partial charge in [-0.15, -0.1) is 0 Å². The van der Waals surface area contributed by atoms with Crippen LogP contribution in [-0.2, 0) is 129 Å². The van der Waals surface area contributed by atoms with E-state index in [2.05, 4.69) is 0 Å². The van der Waals surface area contributed by atoms with E-state index in [1.54, 1.807) is 0 Å². The van der Waals surface area contributed by atoms with Gasteiger partial charge in [-0.25, -0.2) is 0 Å². The van der Waals surface area contributed by atoms with Gasteiger partial charge in [0.05, 0.1) is 0 Å². The molecule has 0 aromatic carbocycles. The van der Waals surface area contributed by atoms with Crippen LogP contribution >= 0.6 is 0 Å². The van der Waals surface area contributed by atoms with Gasteiger partial charge in [-0.2, -0.15) is 0 Å². The standard InChI is InChI=1S/Al.Cr.Hf.Mo.Nb.H4Si.Ti.W.3H/h;;;;;1H4;;;;;. The van der Waals surface area contributed by atoms with E-state index in [1.165, 1.54) is 0 Å². The first-order valence-electron chi connectivity index (χ1n) is 0. The van der Waals surface area contributed by atoms with E-state index in [-0.39, 0.29) is 158 Å². The molecule has 0 N–H and O–H groups in total. The average molecular weight is 713 g/mol. The maximum atomic E-state index is 0. The predicted molar refractivity (Wildman–Crippen MR) is 21.3 cm³/mol. The van der Waals surface area contributed by atoms with Crippen molar-refractivity contribution in [3.05, 3.63) is 0 Å². The van der Waals surface area contributed by atoms with Gasteiger partial charge in [-0.1, -0.05) is 0 Å². The predicted octanol–water partition coefficient (Wildman–Crippen LogP) is -2.65. The van der Waals surface area contributed by atoms with Crippen LogP contribution in [0.2, 0.25) is 0 Å². The third kappa shape index (κ3) is 44.1. The zero-order chi connectivity index (χ0) is 0. The summed E-state index contributed by atoms with van der Waals surface area (Å²) in [7, 11) is 0. The Morgan fingerprint density at radius 2 is 1.00 bits per heavy atom. The SMILES string of the molecule is [AlH3].[Cr].[Hf].[Mo].[Nb].[SiH4].[Ti].[W]. The van der Waals surface area contributed by atoms with Crippen molar-refractivity contribution in [2.24, 2.45) is 0 Å². The van der Waals surface area contributed by atoms with Crippen LogP contribution in [0, 0.1) is 0 Å². The second kappa shape index (κ2) is 58.2. The topological polar surface area (TPSA) is 0 Å². The third-order valence-electron chi connectivity index (χ3n) is 0. The van der Waals surface area contributed by atoms with Gasteiger partial charge in [-0.05, 0) is 11.0 Å². The smallest absolute Gasteiger partial charge is 0.0149 e. The Kier molecular flexibility index (Phi) is 546. The van der Waals surface area contributed by atoms with Gasteiger partial charge in [0.2, 0.25) is 0 Å². The van der Waals surface area contributed by atoms with Crippen LogP contribution in [0.15, 0.2) is 0 Å². The zero-order valence-corrected chi connectivity index (χ0v) is 16.2. The summed E-state index contributed by atoms with van der Waals surface area (Å²) in [6.45, 7) is 0. The summed E-state index contributed by atoms with van der Waals surface area (Å²) in [4.78, 5) is 0. The summed E-state index contributed by atoms with van der Waals surface area (Å²) >= 11 is 0. The summed E-state index contributed by atoms with van der Waals surface area (Å²) in [5, 5.41) is 0. The Morgan fingerprint density at radius 1 is 1.00 bits per heavy atom. The number of hydrogen-bond acceptors (Lipinski definition) is 0. The van der Waals surface area contributed by atoms with Crippen molar-refractivity contribution in [2.45, 2.75) is 0 Å². The molecule has 0 heterocycles. The van der Waals surface area contributed by atoms with Crippen molar-refractivity contribution in [3.8, 4) is 0 Å². The first-order valence-corrected chi connectivity index (χ1v) is 0. The number of hydrogen-bond donors (Lipinski definition) is 0. The average Bonchev–Trinajstić information content (AvgIpc) is 0. The molecule has 0 aliphatic rings. The van der Waals surface area contributed by atoms with Crippen LogP contribution in [0.25, 0.3) is 0 Å². The molecule has 0 saturated heterocycles. The van der Waals surface area contributed by atoms with Crippen LogP contribution in [0.4, 0.5) is 0 Å². The summed E-state index contributed by atoms with van der Waals surface area (Å²) < 4.78 is 0. The molecule has 0 nitrogen and oxygen atoms in total. The van der Waals surface area contributed by atoms with E-state index < -0.39 is 0 Å². The molecule has 0 aliphatic carbocycles. The Morgan fingerprint density at radius 3 is 1.00 bits per heavy atom. The van der Waals surface area contributed by atoms with E-state index in [1.807, 2.05) is 0 Å². The molecule has 0 saturated carbocycles. The molecule has 0 unspecified atom stereocenters. The van der Waals surface area contributed by atoms with Gasteiger partial charge in [-0.3, -0.25) is 0 Å². The minimum Gasteiger partial charge on any atom is -0.0149 e. The van der Waals surface area contributed by atoms with Crippen molar-refractivity contribution < 1.29 is 129 Å². The first-order chi connectivity index (χ1) is 0. The molecule has 8 heavy (non-hydrogen) atoms. The Balaban J connectivity index is 0. The monoisotopic (exact) mass is 717 g/mol. The number of rotatable bonds is 0. The van der Waals surface area contributed by atoms with Crippen LogP contribution < -0.4 is 0 Å². The van der Waals surface area contributed by atoms with E-state index >= 15 is 0 Å². The molecule has 0 aromatic rings. The second-order valence-corrected chi connectivity index (χ2v) is 0. The maximum Gasteiger partial charge on any atom is 0.187 e. The molecule has 0 rings (SSSR count). The van der Waals surface area contributed by atoms with Crippen molar-refractivity contribution in [1.82, 2.24) is 0 Å². The molecular formula is H7AlCrHfMoNbSiTiW. The van der Waals surface area contributed by atoms with Crippen molar-refractivity contribution in [2.75, 3.05) is 0 Å². The van der Waals surface area contributed by atoms with Gasteiger partial charge in [0.25, 0.3) is 0 Å². The molecule has 0 amide bonds. The van der Waals surface area contributed by atoms with Crippen LogP contribution in [-0.4, -0.2) is 28.3 Å². The zero-order valence-electron chi connectivity index (χ0n) is 2.67. The molecular weight excluding hydrogens is 706 g/mol. The Bertz CT molecular complexity index is 24.0. The molecule has 0 atom stereocenters. The third-order valence-corrected chi connectivity index (χ3v) is 0. The van der Waals surface area contributed by atoms with E-state index in [4.69, 9.17) is 0 Å². The molecule has 0 bridgehead atoms. The molecule has 0 fully saturated rings. The fourth-order valence-electron chi connectivity index (χ4n) is 0. The fourth-order valence-corrected chi connectivity index (χ4v) is 0. The van der Waals surface area contributed by atoms with Crippen LogP contribution in [0.1, 0.15) is 0 Å². The minimum absolute atomic E-state index is 0. The van der Waals surface area contributed by atoms with Crippen molar-refractivity contribution in [1.29, 1.82) is 0 Å². The summed E-state index contributed by atoms with van der Waals surface area (Å²) in [5.74, 6) is 0. The largest absolute Gasteiger partial charge is 0.187 e. The first kappa shape index (κ1) is 75.1. The van der Waals surface area contributed by atoms with Gasteiger partial charge >= 0.3 is 0 Å². The molecule has 1 radical (unpaired) electrons. The maximum absolute atomic E-state index is 0. The molecule has 0 aromatic heterocycles. The van der Waals surface area contributed by atoms with Crippen molar-refractivity contribution >= 4 is 28.3 Å². The fraction of sp³-hybridized carbons (Fsp3) is 0. The Labute approximate surface area is 154 Å². The minimum atomic E-state index is 0. The quantitative estimate of drug-likeness (QED) is 0.241. The van der Waals surface area contributed by atoms with Crippen LogP contribution in [0.3, 0.4) is 0 Å². The molecule has 0 spiro atoms. The second-order valence-electron chi connectivity index (χ2n) is 0. The van der Waals surface area contributed by atoms with Gasteiger partial charge in [0.1, 0.15) is 0 Å². The summed E-state index contributed by atoms with van der Waals surface area (Å²) in [5.41, 5.74) is 0. The Hall–Kier alpha value is 4.98. The van der Waals surface area contributed by atoms with Gasteiger partial charge in [0, 0.05) is 129 Å². The van der Waals surface area contributed by atoms with Crippen molar-refractivity contribution in [3.63, 3.8) is 0 Å². The molecule has 0 aliphatic heterocycles.